The van der Waals surface area contributed by atoms with Crippen LogP contribution in [-0.2, 0) is 4.79 Å². The molecule has 1 heterocycles. The number of allylic oxidation sites excluding steroid dienone is 6. The molecule has 0 aliphatic heterocycles. The summed E-state index contributed by atoms with van der Waals surface area (Å²) in [6, 6.07) is 11.8. The van der Waals surface area contributed by atoms with Crippen LogP contribution >= 0.6 is 0 Å². The van der Waals surface area contributed by atoms with Crippen LogP contribution in [0.3, 0.4) is 0 Å². The number of aryl methyl sites for hydroxylation is 1. The third-order valence-corrected chi connectivity index (χ3v) is 6.86. The standard InChI is InChI=1S/C28H23F3N4O2.C8H19N.C2H6/c1-4-24(30)22(25(31)5-2)14-15-23-26(33-17(3)34-27(23)32-16-36)18-6-8-19(9-7-18)28(37)35-21-12-10-20(29)11-13-21;1-4-7-8-9(5-2)6-3;1-2/h4-16H,1H2,2-3H3,(H,35,37)(H,32,33,34,36);4-8H2,1-3H3;1-2H3/b15-14-,24-22+,25-5+;;. The lowest BCUT2D eigenvalue weighted by molar-refractivity contribution is -0.105. The van der Waals surface area contributed by atoms with Crippen molar-refractivity contribution in [3.8, 4) is 11.3 Å². The highest BCUT2D eigenvalue weighted by Crippen LogP contribution is 2.30. The van der Waals surface area contributed by atoms with E-state index >= 15 is 0 Å². The topological polar surface area (TPSA) is 87.2 Å². The maximum Gasteiger partial charge on any atom is 0.255 e. The number of unbranched alkanes of at least 4 members (excludes halogenated alkanes) is 1. The van der Waals surface area contributed by atoms with Gasteiger partial charge in [0.2, 0.25) is 6.41 Å². The molecule has 0 bridgehead atoms. The van der Waals surface area contributed by atoms with Crippen molar-refractivity contribution in [1.82, 2.24) is 14.9 Å². The van der Waals surface area contributed by atoms with Crippen molar-refractivity contribution in [2.45, 2.75) is 61.3 Å². The van der Waals surface area contributed by atoms with E-state index in [0.29, 0.717) is 40.3 Å². The molecular formula is C38H48F3N5O2. The van der Waals surface area contributed by atoms with Gasteiger partial charge in [-0.25, -0.2) is 23.1 Å². The van der Waals surface area contributed by atoms with Crippen LogP contribution in [0.25, 0.3) is 17.3 Å². The number of anilines is 2. The van der Waals surface area contributed by atoms with Gasteiger partial charge in [0, 0.05) is 28.0 Å². The molecule has 10 heteroatoms. The Morgan fingerprint density at radius 3 is 2.12 bits per heavy atom. The van der Waals surface area contributed by atoms with Crippen LogP contribution in [0.15, 0.2) is 90.6 Å². The van der Waals surface area contributed by atoms with Crippen LogP contribution < -0.4 is 10.6 Å². The normalized spacial score (nSPS) is 11.5. The van der Waals surface area contributed by atoms with Gasteiger partial charge in [0.1, 0.15) is 29.1 Å². The van der Waals surface area contributed by atoms with Crippen molar-refractivity contribution in [2.24, 2.45) is 0 Å². The first-order valence-corrected chi connectivity index (χ1v) is 16.1. The van der Waals surface area contributed by atoms with Crippen LogP contribution in [0.5, 0.6) is 0 Å². The minimum absolute atomic E-state index is 0.131. The number of rotatable bonds is 14. The SMILES string of the molecule is C=C/C(F)=C(/C=C\c1c(NC=O)nc(C)nc1-c1ccc(C(=O)Nc2ccc(F)cc2)cc1)C(\F)=C/C.CC.CCCCN(CC)CC. The molecule has 2 N–H and O–H groups in total. The molecule has 0 spiro atoms. The summed E-state index contributed by atoms with van der Waals surface area (Å²) in [5.74, 6) is -2.03. The number of halogens is 3. The van der Waals surface area contributed by atoms with Crippen LogP contribution in [-0.4, -0.2) is 46.8 Å². The highest BCUT2D eigenvalue weighted by atomic mass is 19.1. The minimum atomic E-state index is -0.872. The third kappa shape index (κ3) is 13.1. The first kappa shape index (κ1) is 41.2. The fraction of sp³-hybridized carbons (Fsp3) is 0.316. The molecular weight excluding hydrogens is 615 g/mol. The van der Waals surface area contributed by atoms with Gasteiger partial charge in [-0.1, -0.05) is 65.8 Å². The van der Waals surface area contributed by atoms with Gasteiger partial charge in [0.05, 0.1) is 5.69 Å². The number of aromatic nitrogens is 2. The zero-order chi connectivity index (χ0) is 36.1. The molecule has 258 valence electrons. The Kier molecular flexibility index (Phi) is 19.4. The number of carbonyl (C=O) groups excluding carboxylic acids is 2. The van der Waals surface area contributed by atoms with E-state index in [9.17, 15) is 22.8 Å². The zero-order valence-corrected chi connectivity index (χ0v) is 29.0. The van der Waals surface area contributed by atoms with Crippen LogP contribution in [0, 0.1) is 12.7 Å². The number of hydrogen-bond donors (Lipinski definition) is 2. The fourth-order valence-electron chi connectivity index (χ4n) is 4.27. The summed E-state index contributed by atoms with van der Waals surface area (Å²) in [5, 5.41) is 5.16. The maximum absolute atomic E-state index is 14.3. The number of amides is 2. The number of benzene rings is 2. The Morgan fingerprint density at radius 2 is 1.60 bits per heavy atom. The summed E-state index contributed by atoms with van der Waals surface area (Å²) in [6.45, 7) is 20.8. The lowest BCUT2D eigenvalue weighted by Gasteiger charge is -2.16. The second-order valence-corrected chi connectivity index (χ2v) is 10.00. The van der Waals surface area contributed by atoms with Crippen molar-refractivity contribution in [3.05, 3.63) is 113 Å². The molecule has 0 aliphatic carbocycles. The minimum Gasteiger partial charge on any atom is -0.322 e. The second kappa shape index (κ2) is 22.7. The first-order valence-electron chi connectivity index (χ1n) is 16.1. The zero-order valence-electron chi connectivity index (χ0n) is 29.0. The Morgan fingerprint density at radius 1 is 0.979 bits per heavy atom. The van der Waals surface area contributed by atoms with E-state index in [1.165, 1.54) is 75.8 Å². The average Bonchev–Trinajstić information content (AvgIpc) is 3.11. The third-order valence-electron chi connectivity index (χ3n) is 6.86. The van der Waals surface area contributed by atoms with Crippen LogP contribution in [0.2, 0.25) is 0 Å². The molecule has 0 saturated carbocycles. The molecule has 48 heavy (non-hydrogen) atoms. The van der Waals surface area contributed by atoms with Crippen LogP contribution in [0.1, 0.15) is 76.1 Å². The van der Waals surface area contributed by atoms with E-state index in [1.807, 2.05) is 13.8 Å². The van der Waals surface area contributed by atoms with E-state index in [-0.39, 0.29) is 11.4 Å². The van der Waals surface area contributed by atoms with Crippen molar-refractivity contribution in [3.63, 3.8) is 0 Å². The van der Waals surface area contributed by atoms with Gasteiger partial charge in [-0.05, 0) is 94.5 Å². The largest absolute Gasteiger partial charge is 0.322 e. The molecule has 1 aromatic heterocycles. The Labute approximate surface area is 283 Å². The summed E-state index contributed by atoms with van der Waals surface area (Å²) in [7, 11) is 0. The molecule has 0 atom stereocenters. The summed E-state index contributed by atoms with van der Waals surface area (Å²) < 4.78 is 41.6. The molecule has 3 aromatic rings. The molecule has 0 saturated heterocycles. The summed E-state index contributed by atoms with van der Waals surface area (Å²) in [6.07, 6.45) is 7.67. The molecule has 3 rings (SSSR count). The first-order chi connectivity index (χ1) is 23.1. The Bertz CT molecular complexity index is 1550. The van der Waals surface area contributed by atoms with Gasteiger partial charge in [0.25, 0.3) is 5.91 Å². The van der Waals surface area contributed by atoms with Crippen molar-refractivity contribution in [1.29, 1.82) is 0 Å². The van der Waals surface area contributed by atoms with Gasteiger partial charge in [-0.3, -0.25) is 9.59 Å². The molecule has 0 aliphatic rings. The van der Waals surface area contributed by atoms with E-state index < -0.39 is 23.4 Å². The highest BCUT2D eigenvalue weighted by molar-refractivity contribution is 6.04. The fourth-order valence-corrected chi connectivity index (χ4v) is 4.27. The molecule has 0 radical (unpaired) electrons. The number of nitrogens with zero attached hydrogens (tertiary/aromatic N) is 3. The van der Waals surface area contributed by atoms with Gasteiger partial charge < -0.3 is 15.5 Å². The average molecular weight is 664 g/mol. The molecule has 7 nitrogen and oxygen atoms in total. The predicted octanol–water partition coefficient (Wildman–Crippen LogP) is 9.86. The van der Waals surface area contributed by atoms with Gasteiger partial charge in [-0.2, -0.15) is 0 Å². The van der Waals surface area contributed by atoms with E-state index in [4.69, 9.17) is 0 Å². The van der Waals surface area contributed by atoms with Crippen molar-refractivity contribution < 1.29 is 22.8 Å². The van der Waals surface area contributed by atoms with Gasteiger partial charge >= 0.3 is 0 Å². The Balaban J connectivity index is 0.000000905. The maximum atomic E-state index is 14.3. The van der Waals surface area contributed by atoms with Crippen molar-refractivity contribution in [2.75, 3.05) is 30.3 Å². The number of nitrogens with one attached hydrogen (secondary N) is 2. The summed E-state index contributed by atoms with van der Waals surface area (Å²) in [5.41, 5.74) is 1.63. The predicted molar refractivity (Wildman–Crippen MR) is 193 cm³/mol. The highest BCUT2D eigenvalue weighted by Gasteiger charge is 2.15. The van der Waals surface area contributed by atoms with E-state index in [0.717, 1.165) is 12.2 Å². The van der Waals surface area contributed by atoms with E-state index in [2.05, 4.69) is 52.9 Å². The molecule has 0 fully saturated rings. The number of hydrogen-bond acceptors (Lipinski definition) is 5. The molecule has 2 aromatic carbocycles. The van der Waals surface area contributed by atoms with E-state index in [1.54, 1.807) is 31.2 Å². The molecule has 2 amide bonds. The Hall–Kier alpha value is -4.83. The number of carbonyl (C=O) groups is 2. The van der Waals surface area contributed by atoms with Crippen LogP contribution in [0.4, 0.5) is 24.7 Å². The smallest absolute Gasteiger partial charge is 0.255 e. The van der Waals surface area contributed by atoms with Crippen molar-refractivity contribution >= 4 is 29.9 Å². The monoisotopic (exact) mass is 663 g/mol. The summed E-state index contributed by atoms with van der Waals surface area (Å²) >= 11 is 0. The lowest BCUT2D eigenvalue weighted by Crippen LogP contribution is -2.23. The summed E-state index contributed by atoms with van der Waals surface area (Å²) in [4.78, 5) is 34.9. The second-order valence-electron chi connectivity index (χ2n) is 10.00. The van der Waals surface area contributed by atoms with Gasteiger partial charge in [0.15, 0.2) is 0 Å². The van der Waals surface area contributed by atoms with Gasteiger partial charge in [-0.15, -0.1) is 0 Å². The lowest BCUT2D eigenvalue weighted by atomic mass is 10.0. The molecule has 0 unspecified atom stereocenters. The quantitative estimate of drug-likeness (QED) is 0.132.